The first-order valence-electron chi connectivity index (χ1n) is 3.51. The number of nitrogen functional groups attached to an aromatic ring is 1. The molecule has 0 aromatic carbocycles. The Balaban J connectivity index is 3.03. The van der Waals surface area contributed by atoms with Crippen LogP contribution in [0.4, 0.5) is 5.82 Å². The van der Waals surface area contributed by atoms with Gasteiger partial charge < -0.3 is 10.7 Å². The molecule has 12 heavy (non-hydrogen) atoms. The Morgan fingerprint density at radius 3 is 3.17 bits per heavy atom. The second-order valence-corrected chi connectivity index (χ2v) is 3.03. The summed E-state index contributed by atoms with van der Waals surface area (Å²) in [5.41, 5.74) is 7.47. The maximum Gasteiger partial charge on any atom is 0.183 e. The molecule has 2 rings (SSSR count). The van der Waals surface area contributed by atoms with E-state index in [0.29, 0.717) is 10.6 Å². The summed E-state index contributed by atoms with van der Waals surface area (Å²) in [5.74, 6) is 0.512. The Kier molecular flexibility index (Phi) is 1.41. The van der Waals surface area contributed by atoms with Crippen LogP contribution < -0.4 is 5.73 Å². The number of nitrogens with one attached hydrogen (secondary N) is 1. The predicted octanol–water partition coefficient (Wildman–Crippen LogP) is 1.28. The monoisotopic (exact) mass is 180 g/mol. The third-order valence-corrected chi connectivity index (χ3v) is 2.01. The largest absolute Gasteiger partial charge is 0.382 e. The molecule has 0 aliphatic heterocycles. The van der Waals surface area contributed by atoms with Crippen molar-refractivity contribution in [2.24, 2.45) is 0 Å². The first kappa shape index (κ1) is 7.30. The highest BCUT2D eigenvalue weighted by atomic mass is 32.1. The Bertz CT molecular complexity index is 482. The number of nitrogens with two attached hydrogens (primary N) is 1. The standard InChI is InChI=1S/C7H8N4S/c1-4-2-5-6(8)9-3-11(5)7(12)10-4/h2-3H,8H2,1H3,(H,10,12). The topological polar surface area (TPSA) is 59.1 Å². The lowest BCUT2D eigenvalue weighted by molar-refractivity contribution is 1.01. The minimum atomic E-state index is 0.512. The molecule has 0 spiro atoms. The molecule has 0 atom stereocenters. The molecular formula is C7H8N4S. The van der Waals surface area contributed by atoms with E-state index < -0.39 is 0 Å². The average molecular weight is 180 g/mol. The van der Waals surface area contributed by atoms with Gasteiger partial charge in [-0.05, 0) is 25.2 Å². The van der Waals surface area contributed by atoms with E-state index in [4.69, 9.17) is 18.0 Å². The summed E-state index contributed by atoms with van der Waals surface area (Å²) in [6.45, 7) is 1.93. The van der Waals surface area contributed by atoms with Crippen molar-refractivity contribution in [2.75, 3.05) is 5.73 Å². The van der Waals surface area contributed by atoms with E-state index in [1.807, 2.05) is 13.0 Å². The van der Waals surface area contributed by atoms with E-state index in [9.17, 15) is 0 Å². The number of hydrogen-bond donors (Lipinski definition) is 2. The number of aryl methyl sites for hydroxylation is 1. The normalized spacial score (nSPS) is 10.8. The van der Waals surface area contributed by atoms with Crippen LogP contribution in [-0.4, -0.2) is 14.4 Å². The van der Waals surface area contributed by atoms with E-state index >= 15 is 0 Å². The molecule has 0 unspecified atom stereocenters. The van der Waals surface area contributed by atoms with Crippen LogP contribution in [0.25, 0.3) is 5.52 Å². The van der Waals surface area contributed by atoms with Gasteiger partial charge in [-0.1, -0.05) is 0 Å². The lowest BCUT2D eigenvalue weighted by atomic mass is 10.4. The summed E-state index contributed by atoms with van der Waals surface area (Å²) < 4.78 is 2.37. The zero-order valence-electron chi connectivity index (χ0n) is 6.53. The molecule has 0 aliphatic rings. The van der Waals surface area contributed by atoms with Crippen molar-refractivity contribution in [2.45, 2.75) is 6.92 Å². The third kappa shape index (κ3) is 0.902. The van der Waals surface area contributed by atoms with Gasteiger partial charge in [-0.2, -0.15) is 0 Å². The van der Waals surface area contributed by atoms with Gasteiger partial charge >= 0.3 is 0 Å². The highest BCUT2D eigenvalue weighted by Gasteiger charge is 2.00. The number of anilines is 1. The third-order valence-electron chi connectivity index (χ3n) is 1.71. The quantitative estimate of drug-likeness (QED) is 0.600. The molecule has 2 aromatic rings. The SMILES string of the molecule is Cc1cc2c(N)ncn2c(=S)[nH]1. The van der Waals surface area contributed by atoms with Gasteiger partial charge in [0.15, 0.2) is 4.77 Å². The van der Waals surface area contributed by atoms with Crippen molar-refractivity contribution in [3.05, 3.63) is 22.9 Å². The Morgan fingerprint density at radius 2 is 2.42 bits per heavy atom. The Morgan fingerprint density at radius 1 is 1.67 bits per heavy atom. The molecule has 0 amide bonds. The molecular weight excluding hydrogens is 172 g/mol. The van der Waals surface area contributed by atoms with Crippen LogP contribution in [0.1, 0.15) is 5.69 Å². The van der Waals surface area contributed by atoms with E-state index in [0.717, 1.165) is 11.2 Å². The van der Waals surface area contributed by atoms with E-state index in [1.54, 1.807) is 10.7 Å². The molecule has 0 radical (unpaired) electrons. The summed E-state index contributed by atoms with van der Waals surface area (Å²) in [6.07, 6.45) is 1.61. The number of hydrogen-bond acceptors (Lipinski definition) is 3. The molecule has 0 fully saturated rings. The van der Waals surface area contributed by atoms with Crippen LogP contribution in [0.15, 0.2) is 12.4 Å². The van der Waals surface area contributed by atoms with E-state index in [2.05, 4.69) is 9.97 Å². The summed E-state index contributed by atoms with van der Waals surface area (Å²) in [6, 6.07) is 1.91. The number of aromatic nitrogens is 3. The van der Waals surface area contributed by atoms with Gasteiger partial charge in [-0.3, -0.25) is 4.40 Å². The molecule has 0 aliphatic carbocycles. The van der Waals surface area contributed by atoms with Gasteiger partial charge in [-0.15, -0.1) is 0 Å². The van der Waals surface area contributed by atoms with Gasteiger partial charge in [0.1, 0.15) is 12.1 Å². The molecule has 2 aromatic heterocycles. The number of imidazole rings is 1. The number of nitrogens with zero attached hydrogens (tertiary/aromatic N) is 2. The number of fused-ring (bicyclic) bond motifs is 1. The molecule has 5 heteroatoms. The summed E-state index contributed by atoms with van der Waals surface area (Å²) in [7, 11) is 0. The Hall–Kier alpha value is -1.36. The Labute approximate surface area is 74.1 Å². The van der Waals surface area contributed by atoms with Crippen molar-refractivity contribution >= 4 is 23.6 Å². The van der Waals surface area contributed by atoms with E-state index in [1.165, 1.54) is 0 Å². The van der Waals surface area contributed by atoms with Crippen LogP contribution >= 0.6 is 12.2 Å². The molecule has 0 bridgehead atoms. The fraction of sp³-hybridized carbons (Fsp3) is 0.143. The van der Waals surface area contributed by atoms with Gasteiger partial charge in [0.05, 0.1) is 5.52 Å². The fourth-order valence-electron chi connectivity index (χ4n) is 1.15. The van der Waals surface area contributed by atoms with Gasteiger partial charge in [-0.25, -0.2) is 4.98 Å². The van der Waals surface area contributed by atoms with Crippen LogP contribution in [0, 0.1) is 11.7 Å². The highest BCUT2D eigenvalue weighted by Crippen LogP contribution is 2.11. The van der Waals surface area contributed by atoms with Crippen molar-refractivity contribution in [1.82, 2.24) is 14.4 Å². The van der Waals surface area contributed by atoms with Crippen molar-refractivity contribution in [3.8, 4) is 0 Å². The van der Waals surface area contributed by atoms with Gasteiger partial charge in [0, 0.05) is 5.69 Å². The van der Waals surface area contributed by atoms with Crippen molar-refractivity contribution in [3.63, 3.8) is 0 Å². The second-order valence-electron chi connectivity index (χ2n) is 2.64. The minimum Gasteiger partial charge on any atom is -0.382 e. The molecule has 0 saturated carbocycles. The number of H-pyrrole nitrogens is 1. The molecule has 0 saturated heterocycles. The smallest absolute Gasteiger partial charge is 0.183 e. The molecule has 4 nitrogen and oxygen atoms in total. The maximum absolute atomic E-state index is 5.62. The lowest BCUT2D eigenvalue weighted by Gasteiger charge is -1.96. The van der Waals surface area contributed by atoms with Crippen molar-refractivity contribution < 1.29 is 0 Å². The molecule has 62 valence electrons. The van der Waals surface area contributed by atoms with Crippen LogP contribution in [-0.2, 0) is 0 Å². The van der Waals surface area contributed by atoms with Crippen molar-refractivity contribution in [1.29, 1.82) is 0 Å². The minimum absolute atomic E-state index is 0.512. The summed E-state index contributed by atoms with van der Waals surface area (Å²) in [4.78, 5) is 6.96. The number of aromatic amines is 1. The highest BCUT2D eigenvalue weighted by molar-refractivity contribution is 7.71. The maximum atomic E-state index is 5.62. The van der Waals surface area contributed by atoms with Crippen LogP contribution in [0.2, 0.25) is 0 Å². The lowest BCUT2D eigenvalue weighted by Crippen LogP contribution is -1.92. The predicted molar refractivity (Wildman–Crippen MR) is 49.5 cm³/mol. The van der Waals surface area contributed by atoms with Crippen LogP contribution in [0.3, 0.4) is 0 Å². The first-order valence-corrected chi connectivity index (χ1v) is 3.92. The zero-order valence-corrected chi connectivity index (χ0v) is 7.35. The number of rotatable bonds is 0. The molecule has 2 heterocycles. The average Bonchev–Trinajstić information content (AvgIpc) is 2.33. The van der Waals surface area contributed by atoms with E-state index in [-0.39, 0.29) is 0 Å². The first-order chi connectivity index (χ1) is 5.68. The summed E-state index contributed by atoms with van der Waals surface area (Å²) >= 11 is 5.07. The zero-order chi connectivity index (χ0) is 8.72. The fourth-order valence-corrected chi connectivity index (χ4v) is 1.45. The summed E-state index contributed by atoms with van der Waals surface area (Å²) in [5, 5.41) is 0. The van der Waals surface area contributed by atoms with Crippen LogP contribution in [0.5, 0.6) is 0 Å². The van der Waals surface area contributed by atoms with Gasteiger partial charge in [0.25, 0.3) is 0 Å². The molecule has 3 N–H and O–H groups in total. The van der Waals surface area contributed by atoms with Gasteiger partial charge in [0.2, 0.25) is 0 Å². The second kappa shape index (κ2) is 2.31.